The second-order valence-corrected chi connectivity index (χ2v) is 9.76. The largest absolute Gasteiger partial charge is 0.497 e. The highest BCUT2D eigenvalue weighted by atomic mass is 16.5. The second-order valence-electron chi connectivity index (χ2n) is 9.76. The average Bonchev–Trinajstić information content (AvgIpc) is 2.91. The van der Waals surface area contributed by atoms with Gasteiger partial charge in [-0.25, -0.2) is 9.59 Å². The third-order valence-electron chi connectivity index (χ3n) is 6.76. The molecule has 0 radical (unpaired) electrons. The van der Waals surface area contributed by atoms with Crippen molar-refractivity contribution < 1.29 is 28.7 Å². The van der Waals surface area contributed by atoms with Gasteiger partial charge in [0.05, 0.1) is 20.8 Å². The van der Waals surface area contributed by atoms with Gasteiger partial charge in [-0.05, 0) is 57.5 Å². The van der Waals surface area contributed by atoms with Gasteiger partial charge < -0.3 is 35.2 Å². The molecular formula is C26H39N5O6. The summed E-state index contributed by atoms with van der Waals surface area (Å²) in [7, 11) is 2.83. The van der Waals surface area contributed by atoms with Crippen LogP contribution in [0, 0.1) is 5.92 Å². The summed E-state index contributed by atoms with van der Waals surface area (Å²) in [6.45, 7) is 5.88. The zero-order chi connectivity index (χ0) is 26.9. The molecule has 0 bridgehead atoms. The molecular weight excluding hydrogens is 478 g/mol. The van der Waals surface area contributed by atoms with Crippen molar-refractivity contribution in [2.45, 2.75) is 51.2 Å². The summed E-state index contributed by atoms with van der Waals surface area (Å²) < 4.78 is 10.1. The SMILES string of the molecule is COC(=O)[C@H](Cc1ccc(OC)cc1)NC(=O)[C@@H]1CN(C(=O)C2CCNCC2)CCN1C(=O)NC(C)C. The van der Waals surface area contributed by atoms with E-state index in [0.717, 1.165) is 31.5 Å². The standard InChI is InChI=1S/C26H39N5O6/c1-17(2)28-26(35)31-14-13-30(24(33)19-9-11-27-12-10-19)16-22(31)23(32)29-21(25(34)37-4)15-18-5-7-20(36-3)8-6-18/h5-8,17,19,21-22,27H,9-16H2,1-4H3,(H,28,35)(H,29,32)/t21-,22-/m0/s1. The number of rotatable bonds is 8. The van der Waals surface area contributed by atoms with Crippen LogP contribution in [0.1, 0.15) is 32.3 Å². The molecule has 0 spiro atoms. The van der Waals surface area contributed by atoms with Crippen molar-refractivity contribution in [2.75, 3.05) is 46.9 Å². The Morgan fingerprint density at radius 1 is 1.03 bits per heavy atom. The van der Waals surface area contributed by atoms with Gasteiger partial charge in [0.25, 0.3) is 0 Å². The van der Waals surface area contributed by atoms with E-state index in [2.05, 4.69) is 16.0 Å². The molecule has 4 amide bonds. The molecule has 204 valence electrons. The molecule has 3 N–H and O–H groups in total. The summed E-state index contributed by atoms with van der Waals surface area (Å²) in [6.07, 6.45) is 1.69. The summed E-state index contributed by atoms with van der Waals surface area (Å²) in [5.74, 6) is -0.522. The minimum Gasteiger partial charge on any atom is -0.497 e. The monoisotopic (exact) mass is 517 g/mol. The predicted molar refractivity (Wildman–Crippen MR) is 137 cm³/mol. The zero-order valence-electron chi connectivity index (χ0n) is 22.1. The van der Waals surface area contributed by atoms with Crippen molar-refractivity contribution in [2.24, 2.45) is 5.92 Å². The first-order chi connectivity index (χ1) is 17.7. The molecule has 0 aliphatic carbocycles. The summed E-state index contributed by atoms with van der Waals surface area (Å²) in [5, 5.41) is 8.87. The van der Waals surface area contributed by atoms with Gasteiger partial charge in [-0.1, -0.05) is 12.1 Å². The average molecular weight is 518 g/mol. The molecule has 11 nitrogen and oxygen atoms in total. The molecule has 2 heterocycles. The molecule has 2 aliphatic heterocycles. The third-order valence-corrected chi connectivity index (χ3v) is 6.76. The molecule has 0 unspecified atom stereocenters. The number of methoxy groups -OCH3 is 2. The predicted octanol–water partition coefficient (Wildman–Crippen LogP) is 0.526. The number of hydrogen-bond acceptors (Lipinski definition) is 7. The number of nitrogens with one attached hydrogen (secondary N) is 3. The number of piperazine rings is 1. The van der Waals surface area contributed by atoms with Crippen LogP contribution in [-0.4, -0.2) is 98.7 Å². The number of hydrogen-bond donors (Lipinski definition) is 3. The third kappa shape index (κ3) is 7.58. The quantitative estimate of drug-likeness (QED) is 0.429. The van der Waals surface area contributed by atoms with Gasteiger partial charge in [0.15, 0.2) is 0 Å². The maximum atomic E-state index is 13.6. The van der Waals surface area contributed by atoms with Crippen LogP contribution in [0.25, 0.3) is 0 Å². The smallest absolute Gasteiger partial charge is 0.328 e. The van der Waals surface area contributed by atoms with Crippen LogP contribution in [0.15, 0.2) is 24.3 Å². The van der Waals surface area contributed by atoms with Crippen molar-refractivity contribution >= 4 is 23.8 Å². The number of nitrogens with zero attached hydrogens (tertiary/aromatic N) is 2. The van der Waals surface area contributed by atoms with E-state index in [1.54, 1.807) is 24.1 Å². The molecule has 1 aromatic carbocycles. The van der Waals surface area contributed by atoms with E-state index in [1.807, 2.05) is 26.0 Å². The lowest BCUT2D eigenvalue weighted by atomic mass is 9.95. The lowest BCUT2D eigenvalue weighted by molar-refractivity contribution is -0.147. The molecule has 0 aromatic heterocycles. The number of carbonyl (C=O) groups excluding carboxylic acids is 4. The van der Waals surface area contributed by atoms with Crippen molar-refractivity contribution in [3.05, 3.63) is 29.8 Å². The van der Waals surface area contributed by atoms with Crippen molar-refractivity contribution in [1.29, 1.82) is 0 Å². The van der Waals surface area contributed by atoms with E-state index < -0.39 is 24.0 Å². The maximum Gasteiger partial charge on any atom is 0.328 e. The Bertz CT molecular complexity index is 947. The molecule has 2 aliphatic rings. The van der Waals surface area contributed by atoms with Gasteiger partial charge in [0, 0.05) is 31.5 Å². The number of esters is 1. The lowest BCUT2D eigenvalue weighted by Crippen LogP contribution is -2.65. The van der Waals surface area contributed by atoms with E-state index in [1.165, 1.54) is 12.0 Å². The van der Waals surface area contributed by atoms with Crippen LogP contribution in [0.4, 0.5) is 4.79 Å². The highest BCUT2D eigenvalue weighted by Crippen LogP contribution is 2.20. The van der Waals surface area contributed by atoms with Gasteiger partial charge in [0.1, 0.15) is 17.8 Å². The Labute approximate surface area is 218 Å². The van der Waals surface area contributed by atoms with Crippen LogP contribution < -0.4 is 20.7 Å². The van der Waals surface area contributed by atoms with E-state index >= 15 is 0 Å². The van der Waals surface area contributed by atoms with Crippen molar-refractivity contribution in [3.8, 4) is 5.75 Å². The molecule has 1 aromatic rings. The Morgan fingerprint density at radius 2 is 1.70 bits per heavy atom. The summed E-state index contributed by atoms with van der Waals surface area (Å²) >= 11 is 0. The van der Waals surface area contributed by atoms with E-state index in [4.69, 9.17) is 9.47 Å². The molecule has 2 atom stereocenters. The van der Waals surface area contributed by atoms with Gasteiger partial charge in [-0.3, -0.25) is 9.59 Å². The van der Waals surface area contributed by atoms with Gasteiger partial charge in [-0.15, -0.1) is 0 Å². The second kappa shape index (κ2) is 13.3. The van der Waals surface area contributed by atoms with Crippen molar-refractivity contribution in [3.63, 3.8) is 0 Å². The van der Waals surface area contributed by atoms with Crippen molar-refractivity contribution in [1.82, 2.24) is 25.8 Å². The van der Waals surface area contributed by atoms with Gasteiger partial charge >= 0.3 is 12.0 Å². The minimum atomic E-state index is -0.962. The fraction of sp³-hybridized carbons (Fsp3) is 0.615. The number of benzene rings is 1. The Kier molecular flexibility index (Phi) is 10.1. The first-order valence-corrected chi connectivity index (χ1v) is 12.8. The van der Waals surface area contributed by atoms with Crippen LogP contribution in [0.5, 0.6) is 5.75 Å². The molecule has 0 saturated carbocycles. The fourth-order valence-electron chi connectivity index (χ4n) is 4.71. The fourth-order valence-corrected chi connectivity index (χ4v) is 4.71. The minimum absolute atomic E-state index is 0.00553. The summed E-state index contributed by atoms with van der Waals surface area (Å²) in [5.41, 5.74) is 0.803. The van der Waals surface area contributed by atoms with Crippen LogP contribution in [0.3, 0.4) is 0 Å². The molecule has 2 saturated heterocycles. The maximum absolute atomic E-state index is 13.6. The highest BCUT2D eigenvalue weighted by molar-refractivity contribution is 5.92. The van der Waals surface area contributed by atoms with Gasteiger partial charge in [0.2, 0.25) is 11.8 Å². The number of piperidine rings is 1. The van der Waals surface area contributed by atoms with E-state index in [0.29, 0.717) is 12.3 Å². The molecule has 37 heavy (non-hydrogen) atoms. The van der Waals surface area contributed by atoms with Crippen LogP contribution in [0.2, 0.25) is 0 Å². The number of ether oxygens (including phenoxy) is 2. The first-order valence-electron chi connectivity index (χ1n) is 12.8. The lowest BCUT2D eigenvalue weighted by Gasteiger charge is -2.42. The normalized spacial score (nSPS) is 19.2. The number of carbonyl (C=O) groups is 4. The number of urea groups is 1. The molecule has 11 heteroatoms. The van der Waals surface area contributed by atoms with Crippen LogP contribution >= 0.6 is 0 Å². The van der Waals surface area contributed by atoms with Crippen LogP contribution in [-0.2, 0) is 25.5 Å². The summed E-state index contributed by atoms with van der Waals surface area (Å²) in [4.78, 5) is 55.4. The van der Waals surface area contributed by atoms with E-state index in [-0.39, 0.29) is 43.4 Å². The Balaban J connectivity index is 1.78. The topological polar surface area (TPSA) is 129 Å². The first kappa shape index (κ1) is 28.2. The van der Waals surface area contributed by atoms with Gasteiger partial charge in [-0.2, -0.15) is 0 Å². The zero-order valence-corrected chi connectivity index (χ0v) is 22.1. The summed E-state index contributed by atoms with van der Waals surface area (Å²) in [6, 6.07) is 4.76. The Hall–Kier alpha value is -3.34. The number of amides is 4. The molecule has 3 rings (SSSR count). The molecule has 2 fully saturated rings. The highest BCUT2D eigenvalue weighted by Gasteiger charge is 2.40. The Morgan fingerprint density at radius 3 is 2.30 bits per heavy atom. The van der Waals surface area contributed by atoms with E-state index in [9.17, 15) is 19.2 Å².